The van der Waals surface area contributed by atoms with E-state index >= 15 is 0 Å². The fourth-order valence-electron chi connectivity index (χ4n) is 1.07. The molecule has 3 heteroatoms. The van der Waals surface area contributed by atoms with Crippen LogP contribution in [0.5, 0.6) is 0 Å². The average Bonchev–Trinajstić information content (AvgIpc) is 2.41. The van der Waals surface area contributed by atoms with E-state index in [1.54, 1.807) is 11.3 Å². The quantitative estimate of drug-likeness (QED) is 0.502. The average molecular weight is 153 g/mol. The van der Waals surface area contributed by atoms with E-state index in [1.807, 2.05) is 0 Å². The molecule has 0 atom stereocenters. The van der Waals surface area contributed by atoms with Crippen molar-refractivity contribution in [1.29, 1.82) is 0 Å². The zero-order valence-corrected chi connectivity index (χ0v) is 6.85. The predicted octanol–water partition coefficient (Wildman–Crippen LogP) is 1.13. The molecule has 0 aliphatic carbocycles. The van der Waals surface area contributed by atoms with Gasteiger partial charge in [0.2, 0.25) is 0 Å². The standard InChI is InChI=1S/C7H9N2S/c1-6-5-9-3-4-10-7(9)8(6)2/h3-5H,1-2H3/q+1. The summed E-state index contributed by atoms with van der Waals surface area (Å²) in [6.07, 6.45) is 4.21. The third kappa shape index (κ3) is 0.609. The first kappa shape index (κ1) is 5.92. The van der Waals surface area contributed by atoms with E-state index in [9.17, 15) is 0 Å². The highest BCUT2D eigenvalue weighted by Gasteiger charge is 2.09. The minimum atomic E-state index is 1.29. The summed E-state index contributed by atoms with van der Waals surface area (Å²) in [5, 5.41) is 2.09. The molecule has 0 aromatic carbocycles. The zero-order valence-electron chi connectivity index (χ0n) is 6.03. The maximum Gasteiger partial charge on any atom is 0.345 e. The van der Waals surface area contributed by atoms with Gasteiger partial charge in [-0.05, 0) is 0 Å². The van der Waals surface area contributed by atoms with Crippen molar-refractivity contribution in [2.45, 2.75) is 6.92 Å². The molecular formula is C7H9N2S+. The molecule has 2 aromatic heterocycles. The Morgan fingerprint density at radius 3 is 3.10 bits per heavy atom. The van der Waals surface area contributed by atoms with Gasteiger partial charge in [0.15, 0.2) is 0 Å². The van der Waals surface area contributed by atoms with Crippen LogP contribution in [0.4, 0.5) is 0 Å². The lowest BCUT2D eigenvalue weighted by Gasteiger charge is -1.81. The Bertz CT molecular complexity index is 358. The van der Waals surface area contributed by atoms with Crippen molar-refractivity contribution in [2.24, 2.45) is 7.05 Å². The number of fused-ring (bicyclic) bond motifs is 1. The maximum atomic E-state index is 2.19. The van der Waals surface area contributed by atoms with Crippen molar-refractivity contribution >= 4 is 16.3 Å². The van der Waals surface area contributed by atoms with Crippen LogP contribution in [-0.4, -0.2) is 4.57 Å². The molecule has 2 nitrogen and oxygen atoms in total. The van der Waals surface area contributed by atoms with E-state index < -0.39 is 0 Å². The normalized spacial score (nSPS) is 11.0. The molecule has 0 aliphatic rings. The first-order valence-electron chi connectivity index (χ1n) is 3.20. The van der Waals surface area contributed by atoms with E-state index in [1.165, 1.54) is 10.7 Å². The number of aryl methyl sites for hydroxylation is 2. The topological polar surface area (TPSA) is 9.03 Å². The predicted molar refractivity (Wildman–Crippen MR) is 41.2 cm³/mol. The molecule has 0 aliphatic heterocycles. The Morgan fingerprint density at radius 2 is 2.40 bits per heavy atom. The largest absolute Gasteiger partial charge is 0.345 e. The van der Waals surface area contributed by atoms with Crippen LogP contribution in [0.1, 0.15) is 5.69 Å². The van der Waals surface area contributed by atoms with Gasteiger partial charge in [-0.3, -0.25) is 0 Å². The van der Waals surface area contributed by atoms with Crippen LogP contribution in [0, 0.1) is 6.92 Å². The van der Waals surface area contributed by atoms with Gasteiger partial charge in [0.05, 0.1) is 7.05 Å². The number of aromatic nitrogens is 2. The van der Waals surface area contributed by atoms with Gasteiger partial charge < -0.3 is 0 Å². The van der Waals surface area contributed by atoms with Crippen LogP contribution in [-0.2, 0) is 7.05 Å². The highest BCUT2D eigenvalue weighted by Crippen LogP contribution is 2.06. The summed E-state index contributed by atoms with van der Waals surface area (Å²) in [6.45, 7) is 2.11. The van der Waals surface area contributed by atoms with E-state index in [4.69, 9.17) is 0 Å². The van der Waals surface area contributed by atoms with Gasteiger partial charge in [-0.25, -0.2) is 4.57 Å². The third-order valence-corrected chi connectivity index (χ3v) is 2.71. The third-order valence-electron chi connectivity index (χ3n) is 1.76. The summed E-state index contributed by atoms with van der Waals surface area (Å²) in [4.78, 5) is 1.29. The van der Waals surface area contributed by atoms with Crippen LogP contribution >= 0.6 is 11.3 Å². The van der Waals surface area contributed by atoms with Gasteiger partial charge in [-0.2, -0.15) is 4.40 Å². The van der Waals surface area contributed by atoms with E-state index in [0.717, 1.165) is 0 Å². The Labute approximate surface area is 63.3 Å². The molecule has 0 radical (unpaired) electrons. The highest BCUT2D eigenvalue weighted by molar-refractivity contribution is 7.14. The Balaban J connectivity index is 2.95. The number of hydrogen-bond acceptors (Lipinski definition) is 1. The summed E-state index contributed by atoms with van der Waals surface area (Å²) in [5.74, 6) is 0. The molecule has 0 saturated heterocycles. The Kier molecular flexibility index (Phi) is 1.08. The lowest BCUT2D eigenvalue weighted by molar-refractivity contribution is -0.506. The van der Waals surface area contributed by atoms with E-state index in [-0.39, 0.29) is 0 Å². The highest BCUT2D eigenvalue weighted by atomic mass is 32.1. The number of rotatable bonds is 0. The lowest BCUT2D eigenvalue weighted by Crippen LogP contribution is -2.12. The van der Waals surface area contributed by atoms with Crippen molar-refractivity contribution in [3.05, 3.63) is 23.5 Å². The summed E-state index contributed by atoms with van der Waals surface area (Å²) < 4.78 is 4.32. The molecule has 2 aromatic rings. The van der Waals surface area contributed by atoms with Crippen LogP contribution in [0.3, 0.4) is 0 Å². The van der Waals surface area contributed by atoms with Crippen molar-refractivity contribution < 1.29 is 4.40 Å². The molecule has 0 spiro atoms. The lowest BCUT2D eigenvalue weighted by atomic mass is 10.5. The van der Waals surface area contributed by atoms with Gasteiger partial charge in [0, 0.05) is 12.3 Å². The van der Waals surface area contributed by atoms with E-state index in [2.05, 4.69) is 40.7 Å². The second-order valence-corrected chi connectivity index (χ2v) is 3.30. The summed E-state index contributed by atoms with van der Waals surface area (Å²) >= 11 is 1.76. The molecule has 0 N–H and O–H groups in total. The number of hydrogen-bond donors (Lipinski definition) is 0. The second-order valence-electron chi connectivity index (χ2n) is 2.42. The van der Waals surface area contributed by atoms with Gasteiger partial charge in [0.1, 0.15) is 18.1 Å². The summed E-state index contributed by atoms with van der Waals surface area (Å²) in [5.41, 5.74) is 1.30. The monoisotopic (exact) mass is 153 g/mol. The molecule has 0 bridgehead atoms. The molecule has 0 saturated carbocycles. The van der Waals surface area contributed by atoms with Crippen molar-refractivity contribution in [3.63, 3.8) is 0 Å². The van der Waals surface area contributed by atoms with Crippen molar-refractivity contribution in [2.75, 3.05) is 0 Å². The van der Waals surface area contributed by atoms with Crippen LogP contribution in [0.2, 0.25) is 0 Å². The first-order valence-corrected chi connectivity index (χ1v) is 4.08. The Hall–Kier alpha value is -0.830. The minimum Gasteiger partial charge on any atom is -0.221 e. The Morgan fingerprint density at radius 1 is 1.60 bits per heavy atom. The number of thiazole rings is 1. The van der Waals surface area contributed by atoms with Crippen LogP contribution in [0.15, 0.2) is 17.8 Å². The van der Waals surface area contributed by atoms with Gasteiger partial charge in [-0.1, -0.05) is 11.3 Å². The SMILES string of the molecule is Cc1c[n+]2ccsc2n1C. The number of imidazole rings is 1. The van der Waals surface area contributed by atoms with Gasteiger partial charge in [-0.15, -0.1) is 0 Å². The molecule has 0 amide bonds. The molecular weight excluding hydrogens is 144 g/mol. The molecule has 10 heavy (non-hydrogen) atoms. The second kappa shape index (κ2) is 1.83. The summed E-state index contributed by atoms with van der Waals surface area (Å²) in [7, 11) is 2.08. The number of nitrogens with zero attached hydrogens (tertiary/aromatic N) is 2. The zero-order chi connectivity index (χ0) is 7.14. The van der Waals surface area contributed by atoms with Crippen LogP contribution < -0.4 is 4.40 Å². The molecule has 0 fully saturated rings. The maximum absolute atomic E-state index is 2.19. The smallest absolute Gasteiger partial charge is 0.221 e. The molecule has 2 rings (SSSR count). The van der Waals surface area contributed by atoms with Gasteiger partial charge in [0.25, 0.3) is 0 Å². The minimum absolute atomic E-state index is 1.29. The van der Waals surface area contributed by atoms with E-state index in [0.29, 0.717) is 0 Å². The molecule has 0 unspecified atom stereocenters. The molecule has 2 heterocycles. The molecule has 52 valence electrons. The van der Waals surface area contributed by atoms with Crippen LogP contribution in [0.25, 0.3) is 4.96 Å². The fourth-order valence-corrected chi connectivity index (χ4v) is 1.92. The van der Waals surface area contributed by atoms with Crippen molar-refractivity contribution in [1.82, 2.24) is 4.57 Å². The summed E-state index contributed by atoms with van der Waals surface area (Å²) in [6, 6.07) is 0. The van der Waals surface area contributed by atoms with Crippen molar-refractivity contribution in [3.8, 4) is 0 Å². The van der Waals surface area contributed by atoms with Gasteiger partial charge >= 0.3 is 4.96 Å². The fraction of sp³-hybridized carbons (Fsp3) is 0.286. The first-order chi connectivity index (χ1) is 4.79.